The lowest BCUT2D eigenvalue weighted by molar-refractivity contribution is -0.857. The molecule has 0 radical (unpaired) electrons. The van der Waals surface area contributed by atoms with E-state index in [9.17, 15) is 14.7 Å². The minimum absolute atomic E-state index is 0.0807. The molecule has 0 saturated carbocycles. The van der Waals surface area contributed by atoms with E-state index in [1.54, 1.807) is 49.4 Å². The fourth-order valence-corrected chi connectivity index (χ4v) is 3.35. The van der Waals surface area contributed by atoms with Crippen molar-refractivity contribution < 1.29 is 28.7 Å². The molecule has 7 nitrogen and oxygen atoms in total. The van der Waals surface area contributed by atoms with E-state index in [1.807, 2.05) is 14.1 Å². The number of ketones is 1. The number of furan rings is 1. The van der Waals surface area contributed by atoms with Gasteiger partial charge in [-0.1, -0.05) is 30.5 Å². The molecule has 1 unspecified atom stereocenters. The lowest BCUT2D eigenvalue weighted by Crippen LogP contribution is -3.06. The van der Waals surface area contributed by atoms with Crippen LogP contribution in [0.3, 0.4) is 0 Å². The number of likely N-dealkylation sites (tertiary alicyclic amines) is 1. The number of hydrogen-bond acceptors (Lipinski definition) is 5. The maximum Gasteiger partial charge on any atom is 0.295 e. The van der Waals surface area contributed by atoms with Gasteiger partial charge >= 0.3 is 0 Å². The number of benzene rings is 1. The molecule has 7 heteroatoms. The zero-order valence-corrected chi connectivity index (χ0v) is 17.4. The van der Waals surface area contributed by atoms with Gasteiger partial charge in [0.1, 0.15) is 29.9 Å². The standard InChI is InChI=1S/C23H26N2O5/c1-5-14-29-17-9-7-16(8-10-17)21(26)19-20(18-11-6-15(2)30-18)25(13-12-24(3)4)23(28)22(19)27/h5-11,20,26H,1,12-14H2,2-4H3/b21-19+. The molecule has 0 spiro atoms. The van der Waals surface area contributed by atoms with Gasteiger partial charge in [-0.3, -0.25) is 9.59 Å². The fraction of sp³-hybridized carbons (Fsp3) is 0.304. The molecular formula is C23H26N2O5. The molecule has 1 N–H and O–H groups in total. The maximum atomic E-state index is 13.3. The van der Waals surface area contributed by atoms with Crippen LogP contribution in [0.5, 0.6) is 5.75 Å². The van der Waals surface area contributed by atoms with Crippen molar-refractivity contribution in [3.8, 4) is 5.75 Å². The van der Waals surface area contributed by atoms with Gasteiger partial charge in [0.2, 0.25) is 5.78 Å². The fourth-order valence-electron chi connectivity index (χ4n) is 3.35. The lowest BCUT2D eigenvalue weighted by Gasteiger charge is -2.26. The second kappa shape index (κ2) is 9.00. The van der Waals surface area contributed by atoms with Crippen molar-refractivity contribution in [1.29, 1.82) is 0 Å². The Hall–Kier alpha value is -3.32. The van der Waals surface area contributed by atoms with Gasteiger partial charge in [0.05, 0.1) is 27.2 Å². The first-order valence-electron chi connectivity index (χ1n) is 9.79. The van der Waals surface area contributed by atoms with Crippen LogP contribution in [0.15, 0.2) is 59.0 Å². The Labute approximate surface area is 175 Å². The Balaban J connectivity index is 2.03. The predicted molar refractivity (Wildman–Crippen MR) is 110 cm³/mol. The molecule has 0 aliphatic carbocycles. The van der Waals surface area contributed by atoms with Crippen LogP contribution in [0.25, 0.3) is 5.76 Å². The highest BCUT2D eigenvalue weighted by Crippen LogP contribution is 2.39. The van der Waals surface area contributed by atoms with Crippen LogP contribution in [0.4, 0.5) is 0 Å². The number of Topliss-reactive ketones (excluding diaryl/α,β-unsaturated/α-hetero) is 1. The van der Waals surface area contributed by atoms with Crippen LogP contribution < -0.4 is 14.7 Å². The number of likely N-dealkylation sites (N-methyl/N-ethyl adjacent to an activating group) is 1. The molecule has 1 amide bonds. The minimum Gasteiger partial charge on any atom is -0.872 e. The maximum absolute atomic E-state index is 13.3. The zero-order valence-electron chi connectivity index (χ0n) is 17.4. The number of carbonyl (C=O) groups is 2. The molecule has 3 rings (SSSR count). The smallest absolute Gasteiger partial charge is 0.295 e. The van der Waals surface area contributed by atoms with Gasteiger partial charge in [-0.05, 0) is 36.8 Å². The third kappa shape index (κ3) is 4.31. The zero-order chi connectivity index (χ0) is 21.8. The second-order valence-electron chi connectivity index (χ2n) is 7.50. The number of rotatable bonds is 8. The largest absolute Gasteiger partial charge is 0.872 e. The van der Waals surface area contributed by atoms with Gasteiger partial charge in [-0.2, -0.15) is 0 Å². The molecule has 1 aromatic carbocycles. The summed E-state index contributed by atoms with van der Waals surface area (Å²) in [6.45, 7) is 6.69. The number of amides is 1. The summed E-state index contributed by atoms with van der Waals surface area (Å²) >= 11 is 0. The molecule has 2 aromatic rings. The third-order valence-corrected chi connectivity index (χ3v) is 4.90. The van der Waals surface area contributed by atoms with E-state index in [-0.39, 0.29) is 5.57 Å². The van der Waals surface area contributed by atoms with Gasteiger partial charge in [-0.25, -0.2) is 0 Å². The molecule has 158 valence electrons. The van der Waals surface area contributed by atoms with Crippen molar-refractivity contribution in [1.82, 2.24) is 4.90 Å². The molecule has 1 aromatic heterocycles. The van der Waals surface area contributed by atoms with E-state index in [1.165, 1.54) is 4.90 Å². The summed E-state index contributed by atoms with van der Waals surface area (Å²) < 4.78 is 11.2. The van der Waals surface area contributed by atoms with E-state index >= 15 is 0 Å². The summed E-state index contributed by atoms with van der Waals surface area (Å²) in [5, 5.41) is 13.3. The Morgan fingerprint density at radius 3 is 2.50 bits per heavy atom. The van der Waals surface area contributed by atoms with Crippen molar-refractivity contribution in [2.24, 2.45) is 0 Å². The summed E-state index contributed by atoms with van der Waals surface area (Å²) in [4.78, 5) is 28.1. The van der Waals surface area contributed by atoms with Crippen LogP contribution >= 0.6 is 0 Å². The second-order valence-corrected chi connectivity index (χ2v) is 7.50. The molecule has 2 heterocycles. The van der Waals surface area contributed by atoms with Crippen LogP contribution in [0.1, 0.15) is 23.1 Å². The topological polar surface area (TPSA) is 87.2 Å². The molecule has 30 heavy (non-hydrogen) atoms. The summed E-state index contributed by atoms with van der Waals surface area (Å²) in [5.74, 6) is -0.300. The highest BCUT2D eigenvalue weighted by molar-refractivity contribution is 6.46. The minimum atomic E-state index is -0.831. The van der Waals surface area contributed by atoms with Gasteiger partial charge < -0.3 is 24.1 Å². The Kier molecular flexibility index (Phi) is 6.42. The molecule has 1 saturated heterocycles. The molecule has 1 aliphatic rings. The number of nitrogens with one attached hydrogen (secondary N) is 1. The van der Waals surface area contributed by atoms with Crippen molar-refractivity contribution in [3.63, 3.8) is 0 Å². The average molecular weight is 410 g/mol. The molecule has 1 aliphatic heterocycles. The Morgan fingerprint density at radius 2 is 1.93 bits per heavy atom. The van der Waals surface area contributed by atoms with Gasteiger partial charge in [0.15, 0.2) is 0 Å². The van der Waals surface area contributed by atoms with Crippen LogP contribution in [0.2, 0.25) is 0 Å². The van der Waals surface area contributed by atoms with Crippen LogP contribution in [-0.2, 0) is 9.59 Å². The predicted octanol–water partition coefficient (Wildman–Crippen LogP) is 0.521. The summed E-state index contributed by atoms with van der Waals surface area (Å²) in [6.07, 6.45) is 1.62. The Bertz CT molecular complexity index is 972. The van der Waals surface area contributed by atoms with Crippen molar-refractivity contribution in [3.05, 3.63) is 71.7 Å². The van der Waals surface area contributed by atoms with Crippen molar-refractivity contribution in [2.75, 3.05) is 33.8 Å². The first-order chi connectivity index (χ1) is 14.3. The molecule has 0 bridgehead atoms. The number of carbonyl (C=O) groups excluding carboxylic acids is 2. The van der Waals surface area contributed by atoms with Gasteiger partial charge in [-0.15, -0.1) is 0 Å². The quantitative estimate of drug-likeness (QED) is 0.297. The van der Waals surface area contributed by atoms with Crippen molar-refractivity contribution >= 4 is 17.4 Å². The summed E-state index contributed by atoms with van der Waals surface area (Å²) in [7, 11) is 3.92. The normalized spacial score (nSPS) is 18.3. The number of ether oxygens (including phenoxy) is 1. The van der Waals surface area contributed by atoms with E-state index in [2.05, 4.69) is 6.58 Å². The number of quaternary nitrogens is 1. The van der Waals surface area contributed by atoms with E-state index in [0.29, 0.717) is 42.5 Å². The number of hydrogen-bond donors (Lipinski definition) is 1. The Morgan fingerprint density at radius 1 is 1.23 bits per heavy atom. The average Bonchev–Trinajstić information content (AvgIpc) is 3.26. The lowest BCUT2D eigenvalue weighted by atomic mass is 9.99. The van der Waals surface area contributed by atoms with Crippen molar-refractivity contribution in [2.45, 2.75) is 13.0 Å². The van der Waals surface area contributed by atoms with Crippen LogP contribution in [-0.4, -0.2) is 50.4 Å². The highest BCUT2D eigenvalue weighted by Gasteiger charge is 2.45. The monoisotopic (exact) mass is 410 g/mol. The summed E-state index contributed by atoms with van der Waals surface area (Å²) in [6, 6.07) is 9.11. The van der Waals surface area contributed by atoms with Gasteiger partial charge in [0, 0.05) is 5.57 Å². The number of aryl methyl sites for hydroxylation is 1. The number of nitrogens with zero attached hydrogens (tertiary/aromatic N) is 1. The van der Waals surface area contributed by atoms with E-state index in [0.717, 1.165) is 4.90 Å². The van der Waals surface area contributed by atoms with Crippen LogP contribution in [0, 0.1) is 6.92 Å². The van der Waals surface area contributed by atoms with Gasteiger partial charge in [0.25, 0.3) is 5.91 Å². The van der Waals surface area contributed by atoms with E-state index in [4.69, 9.17) is 9.15 Å². The third-order valence-electron chi connectivity index (χ3n) is 4.90. The molecule has 1 fully saturated rings. The first kappa shape index (κ1) is 21.4. The molecule has 1 atom stereocenters. The van der Waals surface area contributed by atoms with E-state index < -0.39 is 23.5 Å². The summed E-state index contributed by atoms with van der Waals surface area (Å²) in [5.41, 5.74) is 0.230. The highest BCUT2D eigenvalue weighted by atomic mass is 16.5. The molecular weight excluding hydrogens is 384 g/mol. The first-order valence-corrected chi connectivity index (χ1v) is 9.79. The SMILES string of the molecule is C=CCOc1ccc(/C([O-])=C2\C(=O)C(=O)N(CC[NH+](C)C)C2c2ccc(C)o2)cc1.